The summed E-state index contributed by atoms with van der Waals surface area (Å²) in [5.41, 5.74) is 7.99. The Morgan fingerprint density at radius 2 is 2.21 bits per heavy atom. The van der Waals surface area contributed by atoms with Crippen LogP contribution < -0.4 is 5.73 Å². The molecule has 1 rings (SSSR count). The van der Waals surface area contributed by atoms with Crippen LogP contribution in [-0.2, 0) is 4.74 Å². The first-order chi connectivity index (χ1) is 6.56. The van der Waals surface area contributed by atoms with E-state index in [9.17, 15) is 4.79 Å². The second-order valence-corrected chi connectivity index (χ2v) is 3.05. The molecular weight excluding hydrogens is 180 g/mol. The SMILES string of the molecule is CCOC(=O)c1nc(C)c(C)cc1N. The fourth-order valence-corrected chi connectivity index (χ4v) is 1.09. The fourth-order valence-electron chi connectivity index (χ4n) is 1.09. The topological polar surface area (TPSA) is 65.2 Å². The van der Waals surface area contributed by atoms with E-state index in [0.717, 1.165) is 11.3 Å². The maximum absolute atomic E-state index is 11.4. The van der Waals surface area contributed by atoms with Gasteiger partial charge in [0.25, 0.3) is 0 Å². The Hall–Kier alpha value is -1.58. The molecule has 0 unspecified atom stereocenters. The molecule has 4 heteroatoms. The lowest BCUT2D eigenvalue weighted by Gasteiger charge is -2.07. The molecule has 76 valence electrons. The summed E-state index contributed by atoms with van der Waals surface area (Å²) >= 11 is 0. The lowest BCUT2D eigenvalue weighted by molar-refractivity contribution is 0.0520. The van der Waals surface area contributed by atoms with Crippen LogP contribution in [-0.4, -0.2) is 17.6 Å². The highest BCUT2D eigenvalue weighted by atomic mass is 16.5. The van der Waals surface area contributed by atoms with Gasteiger partial charge in [0.1, 0.15) is 0 Å². The van der Waals surface area contributed by atoms with Crippen LogP contribution in [0.3, 0.4) is 0 Å². The number of esters is 1. The number of carbonyl (C=O) groups excluding carboxylic acids is 1. The van der Waals surface area contributed by atoms with Crippen LogP contribution in [0, 0.1) is 13.8 Å². The van der Waals surface area contributed by atoms with Crippen molar-refractivity contribution in [2.24, 2.45) is 0 Å². The van der Waals surface area contributed by atoms with E-state index < -0.39 is 5.97 Å². The van der Waals surface area contributed by atoms with Gasteiger partial charge in [0.15, 0.2) is 5.69 Å². The summed E-state index contributed by atoms with van der Waals surface area (Å²) in [6.45, 7) is 5.80. The van der Waals surface area contributed by atoms with Gasteiger partial charge in [-0.3, -0.25) is 0 Å². The molecule has 0 fully saturated rings. The van der Waals surface area contributed by atoms with Crippen molar-refractivity contribution in [2.45, 2.75) is 20.8 Å². The summed E-state index contributed by atoms with van der Waals surface area (Å²) in [4.78, 5) is 15.5. The van der Waals surface area contributed by atoms with E-state index in [-0.39, 0.29) is 5.69 Å². The Morgan fingerprint density at radius 1 is 1.57 bits per heavy atom. The fraction of sp³-hybridized carbons (Fsp3) is 0.400. The van der Waals surface area contributed by atoms with Gasteiger partial charge in [0.2, 0.25) is 0 Å². The Bertz CT molecular complexity index is 361. The number of nitrogens with zero attached hydrogens (tertiary/aromatic N) is 1. The van der Waals surface area contributed by atoms with Gasteiger partial charge in [-0.1, -0.05) is 0 Å². The summed E-state index contributed by atoms with van der Waals surface area (Å²) in [7, 11) is 0. The third-order valence-corrected chi connectivity index (χ3v) is 1.96. The lowest BCUT2D eigenvalue weighted by Crippen LogP contribution is -2.11. The van der Waals surface area contributed by atoms with Crippen LogP contribution in [0.1, 0.15) is 28.7 Å². The molecule has 0 aliphatic carbocycles. The number of hydrogen-bond acceptors (Lipinski definition) is 4. The predicted octanol–water partition coefficient (Wildman–Crippen LogP) is 1.46. The van der Waals surface area contributed by atoms with Crippen molar-refractivity contribution >= 4 is 11.7 Å². The third-order valence-electron chi connectivity index (χ3n) is 1.96. The first kappa shape index (κ1) is 10.5. The summed E-state index contributed by atoms with van der Waals surface area (Å²) < 4.78 is 4.82. The van der Waals surface area contributed by atoms with Crippen LogP contribution in [0.15, 0.2) is 6.07 Å². The number of aryl methyl sites for hydroxylation is 2. The molecule has 4 nitrogen and oxygen atoms in total. The van der Waals surface area contributed by atoms with Crippen molar-refractivity contribution in [1.29, 1.82) is 0 Å². The number of hydrogen-bond donors (Lipinski definition) is 1. The first-order valence-electron chi connectivity index (χ1n) is 4.47. The van der Waals surface area contributed by atoms with E-state index in [1.165, 1.54) is 0 Å². The second kappa shape index (κ2) is 4.09. The lowest BCUT2D eigenvalue weighted by atomic mass is 10.2. The minimum atomic E-state index is -0.465. The monoisotopic (exact) mass is 194 g/mol. The quantitative estimate of drug-likeness (QED) is 0.724. The summed E-state index contributed by atoms with van der Waals surface area (Å²) in [5.74, 6) is -0.465. The van der Waals surface area contributed by atoms with E-state index >= 15 is 0 Å². The highest BCUT2D eigenvalue weighted by molar-refractivity contribution is 5.93. The van der Waals surface area contributed by atoms with Crippen LogP contribution in [0.25, 0.3) is 0 Å². The van der Waals surface area contributed by atoms with Crippen molar-refractivity contribution in [3.8, 4) is 0 Å². The van der Waals surface area contributed by atoms with Gasteiger partial charge < -0.3 is 10.5 Å². The Balaban J connectivity index is 3.09. The number of carbonyl (C=O) groups is 1. The molecule has 14 heavy (non-hydrogen) atoms. The van der Waals surface area contributed by atoms with E-state index in [2.05, 4.69) is 4.98 Å². The van der Waals surface area contributed by atoms with E-state index in [4.69, 9.17) is 10.5 Å². The minimum Gasteiger partial charge on any atom is -0.461 e. The van der Waals surface area contributed by atoms with E-state index in [0.29, 0.717) is 12.3 Å². The van der Waals surface area contributed by atoms with Crippen molar-refractivity contribution in [3.63, 3.8) is 0 Å². The van der Waals surface area contributed by atoms with Crippen LogP contribution in [0.5, 0.6) is 0 Å². The standard InChI is InChI=1S/C10H14N2O2/c1-4-14-10(13)9-8(11)5-6(2)7(3)12-9/h5H,4,11H2,1-3H3. The molecule has 1 aromatic heterocycles. The maximum Gasteiger partial charge on any atom is 0.359 e. The molecule has 0 bridgehead atoms. The highest BCUT2D eigenvalue weighted by Gasteiger charge is 2.13. The van der Waals surface area contributed by atoms with Crippen LogP contribution in [0.2, 0.25) is 0 Å². The van der Waals surface area contributed by atoms with Gasteiger partial charge in [-0.25, -0.2) is 9.78 Å². The van der Waals surface area contributed by atoms with E-state index in [1.807, 2.05) is 13.8 Å². The average Bonchev–Trinajstić information content (AvgIpc) is 2.11. The summed E-state index contributed by atoms with van der Waals surface area (Å²) in [6.07, 6.45) is 0. The number of ether oxygens (including phenoxy) is 1. The van der Waals surface area contributed by atoms with Gasteiger partial charge in [0, 0.05) is 5.69 Å². The smallest absolute Gasteiger partial charge is 0.359 e. The van der Waals surface area contributed by atoms with Crippen LogP contribution in [0.4, 0.5) is 5.69 Å². The molecule has 0 atom stereocenters. The number of anilines is 1. The van der Waals surface area contributed by atoms with Crippen molar-refractivity contribution in [2.75, 3.05) is 12.3 Å². The number of nitrogen functional groups attached to an aromatic ring is 1. The zero-order valence-corrected chi connectivity index (χ0v) is 8.63. The normalized spacial score (nSPS) is 9.93. The molecule has 0 aliphatic rings. The molecule has 0 aliphatic heterocycles. The maximum atomic E-state index is 11.4. The molecule has 0 amide bonds. The number of aromatic nitrogens is 1. The first-order valence-corrected chi connectivity index (χ1v) is 4.47. The molecule has 1 heterocycles. The molecule has 0 radical (unpaired) electrons. The van der Waals surface area contributed by atoms with Gasteiger partial charge in [-0.2, -0.15) is 0 Å². The van der Waals surface area contributed by atoms with Gasteiger partial charge >= 0.3 is 5.97 Å². The minimum absolute atomic E-state index is 0.204. The number of pyridine rings is 1. The van der Waals surface area contributed by atoms with Crippen molar-refractivity contribution in [3.05, 3.63) is 23.0 Å². The van der Waals surface area contributed by atoms with Gasteiger partial charge in [-0.05, 0) is 32.4 Å². The molecule has 2 N–H and O–H groups in total. The number of nitrogens with two attached hydrogens (primary N) is 1. The number of rotatable bonds is 2. The molecule has 0 spiro atoms. The Morgan fingerprint density at radius 3 is 2.79 bits per heavy atom. The molecule has 0 saturated heterocycles. The van der Waals surface area contributed by atoms with Crippen molar-refractivity contribution < 1.29 is 9.53 Å². The Kier molecular flexibility index (Phi) is 3.06. The molecule has 1 aromatic rings. The Labute approximate surface area is 83.1 Å². The van der Waals surface area contributed by atoms with Crippen LogP contribution >= 0.6 is 0 Å². The zero-order chi connectivity index (χ0) is 10.7. The van der Waals surface area contributed by atoms with Crippen molar-refractivity contribution in [1.82, 2.24) is 4.98 Å². The molecule has 0 saturated carbocycles. The molecular formula is C10H14N2O2. The van der Waals surface area contributed by atoms with E-state index in [1.54, 1.807) is 13.0 Å². The highest BCUT2D eigenvalue weighted by Crippen LogP contribution is 2.14. The zero-order valence-electron chi connectivity index (χ0n) is 8.63. The average molecular weight is 194 g/mol. The summed E-state index contributed by atoms with van der Waals surface area (Å²) in [6, 6.07) is 1.73. The predicted molar refractivity (Wildman–Crippen MR) is 54.1 cm³/mol. The summed E-state index contributed by atoms with van der Waals surface area (Å²) in [5, 5.41) is 0. The van der Waals surface area contributed by atoms with Gasteiger partial charge in [-0.15, -0.1) is 0 Å². The molecule has 0 aromatic carbocycles. The third kappa shape index (κ3) is 2.02. The largest absolute Gasteiger partial charge is 0.461 e. The van der Waals surface area contributed by atoms with Gasteiger partial charge in [0.05, 0.1) is 12.3 Å². The second-order valence-electron chi connectivity index (χ2n) is 3.05.